The SMILES string of the molecule is CC/C=C\C/C=C\C/C=C\C/C=C\C/C=C\C/C=C\C/C=C\CCCCCCCCCCCCCCCC(=O)NC(CO)C(O)CCCCCCCCCCCCCCCCCCCCCCCCCCCCCCCCCC. The first kappa shape index (κ1) is 76.6. The number of carbonyl (C=O) groups is 1. The number of hydrogen-bond donors (Lipinski definition) is 3. The molecule has 2 atom stereocenters. The lowest BCUT2D eigenvalue weighted by molar-refractivity contribution is -0.123. The number of nitrogens with one attached hydrogen (secondary N) is 1. The van der Waals surface area contributed by atoms with Crippen LogP contribution in [0.15, 0.2) is 85.1 Å². The Bertz CT molecular complexity index is 1390. The third-order valence-electron chi connectivity index (χ3n) is 16.2. The molecule has 4 nitrogen and oxygen atoms in total. The molecular weight excluding hydrogens is 963 g/mol. The average Bonchev–Trinajstić information content (AvgIpc) is 3.45. The molecule has 0 aromatic rings. The summed E-state index contributed by atoms with van der Waals surface area (Å²) < 4.78 is 0. The predicted octanol–water partition coefficient (Wildman–Crippen LogP) is 24.2. The van der Waals surface area contributed by atoms with Gasteiger partial charge in [-0.05, 0) is 70.6 Å². The van der Waals surface area contributed by atoms with E-state index in [4.69, 9.17) is 0 Å². The van der Waals surface area contributed by atoms with Crippen LogP contribution in [0.5, 0.6) is 0 Å². The van der Waals surface area contributed by atoms with Crippen molar-refractivity contribution in [3.63, 3.8) is 0 Å². The Morgan fingerprint density at radius 1 is 0.316 bits per heavy atom. The Morgan fingerprint density at radius 3 is 0.835 bits per heavy atom. The molecule has 0 radical (unpaired) electrons. The third kappa shape index (κ3) is 66.3. The zero-order chi connectivity index (χ0) is 56.9. The van der Waals surface area contributed by atoms with Gasteiger partial charge in [0.25, 0.3) is 0 Å². The predicted molar refractivity (Wildman–Crippen MR) is 354 cm³/mol. The summed E-state index contributed by atoms with van der Waals surface area (Å²) in [5.74, 6) is -0.0301. The molecule has 2 unspecified atom stereocenters. The maximum Gasteiger partial charge on any atom is 0.220 e. The van der Waals surface area contributed by atoms with E-state index in [1.54, 1.807) is 0 Å². The minimum Gasteiger partial charge on any atom is -0.394 e. The Kier molecular flexibility index (Phi) is 67.7. The van der Waals surface area contributed by atoms with Crippen molar-refractivity contribution in [3.8, 4) is 0 Å². The van der Waals surface area contributed by atoms with Crippen molar-refractivity contribution in [2.75, 3.05) is 6.61 Å². The number of carbonyl (C=O) groups excluding carboxylic acids is 1. The van der Waals surface area contributed by atoms with Gasteiger partial charge in [-0.15, -0.1) is 0 Å². The molecule has 1 amide bonds. The van der Waals surface area contributed by atoms with Gasteiger partial charge in [-0.3, -0.25) is 4.79 Å². The second-order valence-corrected chi connectivity index (χ2v) is 23.9. The lowest BCUT2D eigenvalue weighted by Gasteiger charge is -2.22. The summed E-state index contributed by atoms with van der Waals surface area (Å²) in [6, 6.07) is -0.543. The van der Waals surface area contributed by atoms with Crippen LogP contribution in [-0.2, 0) is 4.79 Å². The second kappa shape index (κ2) is 69.8. The first-order chi connectivity index (χ1) is 39.2. The van der Waals surface area contributed by atoms with Gasteiger partial charge in [0.15, 0.2) is 0 Å². The van der Waals surface area contributed by atoms with E-state index < -0.39 is 12.1 Å². The Morgan fingerprint density at radius 2 is 0.557 bits per heavy atom. The van der Waals surface area contributed by atoms with Crippen LogP contribution in [0.4, 0.5) is 0 Å². The first-order valence-corrected chi connectivity index (χ1v) is 35.3. The molecular formula is C75H137NO3. The van der Waals surface area contributed by atoms with Crippen molar-refractivity contribution in [2.24, 2.45) is 0 Å². The molecule has 0 aliphatic heterocycles. The van der Waals surface area contributed by atoms with Crippen LogP contribution >= 0.6 is 0 Å². The zero-order valence-corrected chi connectivity index (χ0v) is 53.1. The summed E-state index contributed by atoms with van der Waals surface area (Å²) in [4.78, 5) is 12.6. The van der Waals surface area contributed by atoms with Crippen LogP contribution in [0.1, 0.15) is 367 Å². The molecule has 0 bridgehead atoms. The molecule has 0 heterocycles. The lowest BCUT2D eigenvalue weighted by Crippen LogP contribution is -2.45. The molecule has 0 aromatic carbocycles. The minimum absolute atomic E-state index is 0.0301. The molecule has 0 saturated carbocycles. The van der Waals surface area contributed by atoms with Crippen molar-refractivity contribution in [3.05, 3.63) is 85.1 Å². The van der Waals surface area contributed by atoms with E-state index in [9.17, 15) is 15.0 Å². The monoisotopic (exact) mass is 1100 g/mol. The summed E-state index contributed by atoms with van der Waals surface area (Å²) in [7, 11) is 0. The summed E-state index contributed by atoms with van der Waals surface area (Å²) in [5.41, 5.74) is 0. The summed E-state index contributed by atoms with van der Waals surface area (Å²) >= 11 is 0. The highest BCUT2D eigenvalue weighted by Crippen LogP contribution is 2.19. The molecule has 0 aromatic heterocycles. The van der Waals surface area contributed by atoms with E-state index in [1.807, 2.05) is 0 Å². The van der Waals surface area contributed by atoms with Crippen LogP contribution < -0.4 is 5.32 Å². The number of unbranched alkanes of at least 4 members (excludes halogenated alkanes) is 44. The number of allylic oxidation sites excluding steroid dienone is 14. The van der Waals surface area contributed by atoms with E-state index in [2.05, 4.69) is 104 Å². The number of rotatable bonds is 65. The molecule has 4 heteroatoms. The lowest BCUT2D eigenvalue weighted by atomic mass is 10.0. The Labute approximate surface area is 494 Å². The number of hydrogen-bond acceptors (Lipinski definition) is 3. The first-order valence-electron chi connectivity index (χ1n) is 35.3. The van der Waals surface area contributed by atoms with Gasteiger partial charge in [-0.25, -0.2) is 0 Å². The molecule has 0 saturated heterocycles. The van der Waals surface area contributed by atoms with Crippen molar-refractivity contribution in [2.45, 2.75) is 379 Å². The highest BCUT2D eigenvalue weighted by atomic mass is 16.3. The van der Waals surface area contributed by atoms with Gasteiger partial charge < -0.3 is 15.5 Å². The van der Waals surface area contributed by atoms with E-state index >= 15 is 0 Å². The zero-order valence-electron chi connectivity index (χ0n) is 53.1. The highest BCUT2D eigenvalue weighted by Gasteiger charge is 2.20. The van der Waals surface area contributed by atoms with Crippen LogP contribution in [0, 0.1) is 0 Å². The van der Waals surface area contributed by atoms with Gasteiger partial charge in [0.1, 0.15) is 0 Å². The van der Waals surface area contributed by atoms with Gasteiger partial charge in [0, 0.05) is 6.42 Å². The van der Waals surface area contributed by atoms with Gasteiger partial charge in [0.05, 0.1) is 18.8 Å². The topological polar surface area (TPSA) is 69.6 Å². The van der Waals surface area contributed by atoms with E-state index in [1.165, 1.54) is 270 Å². The number of aliphatic hydroxyl groups excluding tert-OH is 2. The van der Waals surface area contributed by atoms with E-state index in [0.29, 0.717) is 12.8 Å². The smallest absolute Gasteiger partial charge is 0.220 e. The Hall–Kier alpha value is -2.43. The molecule has 79 heavy (non-hydrogen) atoms. The largest absolute Gasteiger partial charge is 0.394 e. The molecule has 0 aliphatic carbocycles. The van der Waals surface area contributed by atoms with Crippen molar-refractivity contribution >= 4 is 5.91 Å². The highest BCUT2D eigenvalue weighted by molar-refractivity contribution is 5.76. The normalized spacial score (nSPS) is 13.2. The van der Waals surface area contributed by atoms with Crippen molar-refractivity contribution in [1.82, 2.24) is 5.32 Å². The molecule has 0 spiro atoms. The molecule has 460 valence electrons. The maximum absolute atomic E-state index is 12.6. The summed E-state index contributed by atoms with van der Waals surface area (Å²) in [5, 5.41) is 23.5. The average molecular weight is 1100 g/mol. The fourth-order valence-electron chi connectivity index (χ4n) is 10.9. The molecule has 0 aliphatic rings. The quantitative estimate of drug-likeness (QED) is 0.0420. The molecule has 0 rings (SSSR count). The van der Waals surface area contributed by atoms with Gasteiger partial charge >= 0.3 is 0 Å². The van der Waals surface area contributed by atoms with Crippen molar-refractivity contribution < 1.29 is 15.0 Å². The van der Waals surface area contributed by atoms with Gasteiger partial charge in [-0.2, -0.15) is 0 Å². The van der Waals surface area contributed by atoms with Crippen molar-refractivity contribution in [1.29, 1.82) is 0 Å². The molecule has 0 fully saturated rings. The standard InChI is InChI=1S/C75H137NO3/c1-3-5-7-9-11-13-15-17-19-21-23-25-27-29-31-33-35-37-38-39-41-43-45-47-49-51-53-55-57-59-61-63-65-67-69-71-75(79)76-73(72-77)74(78)70-68-66-64-62-60-58-56-54-52-50-48-46-44-42-40-36-34-32-30-28-26-24-22-20-18-16-14-12-10-8-6-4-2/h5,7,11,13,17,19,23,25,29,31,35,37,39,41,73-74,77-78H,3-4,6,8-10,12,14-16,18,20-22,24,26-28,30,32-34,36,38,40,42-72H2,1-2H3,(H,76,79)/b7-5-,13-11-,19-17-,25-23-,31-29-,37-35-,41-39-. The summed E-state index contributed by atoms with van der Waals surface area (Å²) in [6.07, 6.45) is 102. The van der Waals surface area contributed by atoms with E-state index in [-0.39, 0.29) is 12.5 Å². The van der Waals surface area contributed by atoms with Crippen LogP contribution in [0.25, 0.3) is 0 Å². The number of aliphatic hydroxyl groups is 2. The summed E-state index contributed by atoms with van der Waals surface area (Å²) in [6.45, 7) is 4.28. The fourth-order valence-corrected chi connectivity index (χ4v) is 10.9. The van der Waals surface area contributed by atoms with E-state index in [0.717, 1.165) is 70.6 Å². The minimum atomic E-state index is -0.666. The maximum atomic E-state index is 12.6. The Balaban J connectivity index is 3.45. The van der Waals surface area contributed by atoms with Crippen LogP contribution in [-0.4, -0.2) is 34.9 Å². The molecule has 3 N–H and O–H groups in total. The van der Waals surface area contributed by atoms with Gasteiger partial charge in [-0.1, -0.05) is 375 Å². The van der Waals surface area contributed by atoms with Crippen LogP contribution in [0.2, 0.25) is 0 Å². The third-order valence-corrected chi connectivity index (χ3v) is 16.2. The second-order valence-electron chi connectivity index (χ2n) is 23.9. The fraction of sp³-hybridized carbons (Fsp3) is 0.800. The van der Waals surface area contributed by atoms with Gasteiger partial charge in [0.2, 0.25) is 5.91 Å². The number of amides is 1. The van der Waals surface area contributed by atoms with Crippen LogP contribution in [0.3, 0.4) is 0 Å².